The molecule has 23 heavy (non-hydrogen) atoms. The van der Waals surface area contributed by atoms with Gasteiger partial charge < -0.3 is 5.32 Å². The highest BCUT2D eigenvalue weighted by atomic mass is 32.2. The van der Waals surface area contributed by atoms with E-state index in [1.165, 1.54) is 24.5 Å². The molecule has 0 aliphatic carbocycles. The van der Waals surface area contributed by atoms with E-state index in [-0.39, 0.29) is 10.8 Å². The first-order valence-electron chi connectivity index (χ1n) is 6.62. The molecule has 0 spiro atoms. The fraction of sp³-hybridized carbons (Fsp3) is 0.143. The van der Waals surface area contributed by atoms with Gasteiger partial charge >= 0.3 is 0 Å². The number of thiophene rings is 1. The second kappa shape index (κ2) is 6.36. The fourth-order valence-electron chi connectivity index (χ4n) is 1.94. The Balaban J connectivity index is 1.69. The van der Waals surface area contributed by atoms with Crippen LogP contribution in [0.3, 0.4) is 0 Å². The molecule has 0 saturated carbocycles. The molecule has 0 bridgehead atoms. The molecule has 120 valence electrons. The number of amides is 1. The first-order chi connectivity index (χ1) is 11.0. The summed E-state index contributed by atoms with van der Waals surface area (Å²) in [5.74, 6) is -0.424. The molecule has 1 amide bonds. The summed E-state index contributed by atoms with van der Waals surface area (Å²) in [6, 6.07) is 10.7. The van der Waals surface area contributed by atoms with Crippen molar-refractivity contribution in [2.75, 3.05) is 18.9 Å². The monoisotopic (exact) mass is 367 g/mol. The number of hydrogen-bond acceptors (Lipinski definition) is 6. The van der Waals surface area contributed by atoms with Gasteiger partial charge in [0.25, 0.3) is 10.0 Å². The molecule has 9 heteroatoms. The second-order valence-electron chi connectivity index (χ2n) is 4.73. The maximum absolute atomic E-state index is 12.3. The molecule has 3 aromatic rings. The van der Waals surface area contributed by atoms with Gasteiger partial charge in [0.15, 0.2) is 5.13 Å². The van der Waals surface area contributed by atoms with Gasteiger partial charge in [0.1, 0.15) is 4.21 Å². The lowest BCUT2D eigenvalue weighted by Gasteiger charge is -2.14. The van der Waals surface area contributed by atoms with Gasteiger partial charge in [-0.25, -0.2) is 13.4 Å². The first-order valence-corrected chi connectivity index (χ1v) is 9.76. The molecule has 1 N–H and O–H groups in total. The number of anilines is 1. The number of nitrogens with zero attached hydrogens (tertiary/aromatic N) is 2. The Morgan fingerprint density at radius 1 is 1.26 bits per heavy atom. The van der Waals surface area contributed by atoms with Gasteiger partial charge in [-0.2, -0.15) is 4.31 Å². The Kier molecular flexibility index (Phi) is 4.44. The minimum Gasteiger partial charge on any atom is -0.301 e. The minimum atomic E-state index is -3.63. The molecule has 6 nitrogen and oxygen atoms in total. The highest BCUT2D eigenvalue weighted by Gasteiger charge is 2.24. The van der Waals surface area contributed by atoms with Gasteiger partial charge in [0.05, 0.1) is 16.8 Å². The fourth-order valence-corrected chi connectivity index (χ4v) is 5.15. The molecular formula is C14H13N3O3S3. The van der Waals surface area contributed by atoms with E-state index in [0.29, 0.717) is 5.13 Å². The van der Waals surface area contributed by atoms with E-state index in [1.54, 1.807) is 11.4 Å². The Bertz CT molecular complexity index is 899. The molecule has 3 rings (SSSR count). The third-order valence-electron chi connectivity index (χ3n) is 3.07. The van der Waals surface area contributed by atoms with Crippen molar-refractivity contribution in [1.82, 2.24) is 9.29 Å². The van der Waals surface area contributed by atoms with E-state index < -0.39 is 15.9 Å². The molecule has 0 unspecified atom stereocenters. The Morgan fingerprint density at radius 2 is 2.04 bits per heavy atom. The summed E-state index contributed by atoms with van der Waals surface area (Å²) in [6.07, 6.45) is 0. The van der Waals surface area contributed by atoms with Crippen LogP contribution in [0.15, 0.2) is 46.0 Å². The summed E-state index contributed by atoms with van der Waals surface area (Å²) in [6.45, 7) is -0.268. The number of hydrogen-bond donors (Lipinski definition) is 1. The zero-order valence-electron chi connectivity index (χ0n) is 12.1. The van der Waals surface area contributed by atoms with Crippen molar-refractivity contribution in [3.05, 3.63) is 41.8 Å². The van der Waals surface area contributed by atoms with Gasteiger partial charge in [-0.15, -0.1) is 11.3 Å². The minimum absolute atomic E-state index is 0.216. The van der Waals surface area contributed by atoms with E-state index >= 15 is 0 Å². The van der Waals surface area contributed by atoms with Crippen LogP contribution in [0.1, 0.15) is 0 Å². The number of rotatable bonds is 5. The quantitative estimate of drug-likeness (QED) is 0.752. The maximum atomic E-state index is 12.3. The SMILES string of the molecule is CN(CC(=O)Nc1nc2ccccc2s1)S(=O)(=O)c1cccs1. The van der Waals surface area contributed by atoms with Crippen LogP contribution in [0.4, 0.5) is 5.13 Å². The van der Waals surface area contributed by atoms with Gasteiger partial charge in [-0.3, -0.25) is 4.79 Å². The third kappa shape index (κ3) is 3.42. The number of fused-ring (bicyclic) bond motifs is 1. The molecule has 2 heterocycles. The van der Waals surface area contributed by atoms with Crippen LogP contribution in [0, 0.1) is 0 Å². The van der Waals surface area contributed by atoms with Gasteiger partial charge in [0, 0.05) is 7.05 Å². The van der Waals surface area contributed by atoms with Gasteiger partial charge in [-0.1, -0.05) is 29.5 Å². The van der Waals surface area contributed by atoms with Crippen molar-refractivity contribution < 1.29 is 13.2 Å². The summed E-state index contributed by atoms with van der Waals surface area (Å²) in [4.78, 5) is 16.4. The van der Waals surface area contributed by atoms with Crippen LogP contribution in [0.2, 0.25) is 0 Å². The van der Waals surface area contributed by atoms with Crippen molar-refractivity contribution >= 4 is 54.0 Å². The van der Waals surface area contributed by atoms with Crippen LogP contribution in [0.25, 0.3) is 10.2 Å². The van der Waals surface area contributed by atoms with Gasteiger partial charge in [0.2, 0.25) is 5.91 Å². The topological polar surface area (TPSA) is 79.4 Å². The molecule has 0 radical (unpaired) electrons. The Labute approximate surface area is 141 Å². The summed E-state index contributed by atoms with van der Waals surface area (Å²) in [5.41, 5.74) is 0.798. The molecule has 1 aromatic carbocycles. The van der Waals surface area contributed by atoms with Crippen molar-refractivity contribution in [3.8, 4) is 0 Å². The maximum Gasteiger partial charge on any atom is 0.252 e. The van der Waals surface area contributed by atoms with Crippen LogP contribution in [-0.4, -0.2) is 37.2 Å². The van der Waals surface area contributed by atoms with E-state index in [1.807, 2.05) is 24.3 Å². The average Bonchev–Trinajstić information content (AvgIpc) is 3.16. The standard InChI is InChI=1S/C14H13N3O3S3/c1-17(23(19,20)13-7-4-8-21-13)9-12(18)16-14-15-10-5-2-3-6-11(10)22-14/h2-8H,9H2,1H3,(H,15,16,18). The lowest BCUT2D eigenvalue weighted by molar-refractivity contribution is -0.116. The number of benzene rings is 1. The Morgan fingerprint density at radius 3 is 2.74 bits per heavy atom. The van der Waals surface area contributed by atoms with Crippen molar-refractivity contribution in [3.63, 3.8) is 0 Å². The van der Waals surface area contributed by atoms with E-state index in [9.17, 15) is 13.2 Å². The van der Waals surface area contributed by atoms with Crippen molar-refractivity contribution in [2.24, 2.45) is 0 Å². The number of likely N-dealkylation sites (N-methyl/N-ethyl adjacent to an activating group) is 1. The summed E-state index contributed by atoms with van der Waals surface area (Å²) in [5, 5.41) is 4.78. The van der Waals surface area contributed by atoms with E-state index in [0.717, 1.165) is 25.9 Å². The second-order valence-corrected chi connectivity index (χ2v) is 8.98. The molecular weight excluding hydrogens is 354 g/mol. The molecule has 0 saturated heterocycles. The largest absolute Gasteiger partial charge is 0.301 e. The van der Waals surface area contributed by atoms with Crippen LogP contribution >= 0.6 is 22.7 Å². The zero-order chi connectivity index (χ0) is 16.4. The van der Waals surface area contributed by atoms with E-state index in [4.69, 9.17) is 0 Å². The smallest absolute Gasteiger partial charge is 0.252 e. The normalized spacial score (nSPS) is 11.9. The number of para-hydroxylation sites is 1. The summed E-state index contributed by atoms with van der Waals surface area (Å²) in [7, 11) is -2.25. The number of sulfonamides is 1. The van der Waals surface area contributed by atoms with Crippen LogP contribution in [0.5, 0.6) is 0 Å². The number of aromatic nitrogens is 1. The number of thiazole rings is 1. The van der Waals surface area contributed by atoms with Gasteiger partial charge in [-0.05, 0) is 23.6 Å². The predicted molar refractivity (Wildman–Crippen MR) is 92.4 cm³/mol. The zero-order valence-corrected chi connectivity index (χ0v) is 14.5. The summed E-state index contributed by atoms with van der Waals surface area (Å²) < 4.78 is 26.7. The molecule has 0 fully saturated rings. The highest BCUT2D eigenvalue weighted by Crippen LogP contribution is 2.25. The van der Waals surface area contributed by atoms with Crippen LogP contribution < -0.4 is 5.32 Å². The highest BCUT2D eigenvalue weighted by molar-refractivity contribution is 7.91. The summed E-state index contributed by atoms with van der Waals surface area (Å²) >= 11 is 2.47. The number of nitrogens with one attached hydrogen (secondary N) is 1. The van der Waals surface area contributed by atoms with Crippen LogP contribution in [-0.2, 0) is 14.8 Å². The van der Waals surface area contributed by atoms with Crippen molar-refractivity contribution in [1.29, 1.82) is 0 Å². The lowest BCUT2D eigenvalue weighted by atomic mass is 10.3. The lowest BCUT2D eigenvalue weighted by Crippen LogP contribution is -2.34. The van der Waals surface area contributed by atoms with Crippen molar-refractivity contribution in [2.45, 2.75) is 4.21 Å². The predicted octanol–water partition coefficient (Wildman–Crippen LogP) is 2.62. The number of carbonyl (C=O) groups excluding carboxylic acids is 1. The molecule has 0 atom stereocenters. The average molecular weight is 367 g/mol. The third-order valence-corrected chi connectivity index (χ3v) is 7.19. The molecule has 0 aliphatic heterocycles. The molecule has 2 aromatic heterocycles. The number of carbonyl (C=O) groups is 1. The first kappa shape index (κ1) is 16.1. The Hall–Kier alpha value is -1.81. The van der Waals surface area contributed by atoms with E-state index in [2.05, 4.69) is 10.3 Å². The molecule has 0 aliphatic rings.